The molecule has 1 aromatic rings. The Hall–Kier alpha value is -0.680. The van der Waals surface area contributed by atoms with Gasteiger partial charge in [-0.25, -0.2) is 4.98 Å². The standard InChI is InChI=1S/C16H25BrN2O2/c1-5-21-13(16(2,3)4)14-18-12(10-8-6-7-9-10)11(17)15(20)19-14/h10,13H,5-9H2,1-4H3,(H,18,19,20). The molecule has 1 saturated carbocycles. The highest BCUT2D eigenvalue weighted by Gasteiger charge is 2.31. The van der Waals surface area contributed by atoms with Crippen LogP contribution in [0.1, 0.15) is 76.9 Å². The number of aromatic amines is 1. The van der Waals surface area contributed by atoms with Crippen LogP contribution in [0.25, 0.3) is 0 Å². The van der Waals surface area contributed by atoms with Crippen molar-refractivity contribution in [3.63, 3.8) is 0 Å². The molecule has 1 fully saturated rings. The van der Waals surface area contributed by atoms with Gasteiger partial charge in [0.15, 0.2) is 0 Å². The van der Waals surface area contributed by atoms with Crippen molar-refractivity contribution in [1.29, 1.82) is 0 Å². The summed E-state index contributed by atoms with van der Waals surface area (Å²) in [6.07, 6.45) is 4.46. The number of H-pyrrole nitrogens is 1. The first-order chi connectivity index (χ1) is 9.84. The van der Waals surface area contributed by atoms with Crippen molar-refractivity contribution >= 4 is 15.9 Å². The second-order valence-corrected chi connectivity index (χ2v) is 7.63. The maximum atomic E-state index is 12.3. The number of aromatic nitrogens is 2. The van der Waals surface area contributed by atoms with E-state index in [1.807, 2.05) is 6.92 Å². The van der Waals surface area contributed by atoms with Gasteiger partial charge in [-0.1, -0.05) is 33.6 Å². The van der Waals surface area contributed by atoms with E-state index >= 15 is 0 Å². The summed E-state index contributed by atoms with van der Waals surface area (Å²) in [5.41, 5.74) is 0.684. The molecule has 4 nitrogen and oxygen atoms in total. The van der Waals surface area contributed by atoms with Crippen LogP contribution >= 0.6 is 15.9 Å². The van der Waals surface area contributed by atoms with Gasteiger partial charge in [0.2, 0.25) is 0 Å². The van der Waals surface area contributed by atoms with Gasteiger partial charge < -0.3 is 9.72 Å². The second-order valence-electron chi connectivity index (χ2n) is 6.83. The highest BCUT2D eigenvalue weighted by Crippen LogP contribution is 2.38. The molecule has 21 heavy (non-hydrogen) atoms. The predicted octanol–water partition coefficient (Wildman–Crippen LogP) is 4.31. The van der Waals surface area contributed by atoms with Crippen molar-refractivity contribution in [3.05, 3.63) is 26.3 Å². The molecule has 0 bridgehead atoms. The first-order valence-electron chi connectivity index (χ1n) is 7.75. The number of halogens is 1. The zero-order chi connectivity index (χ0) is 15.6. The van der Waals surface area contributed by atoms with Gasteiger partial charge in [-0.15, -0.1) is 0 Å². The van der Waals surface area contributed by atoms with Crippen LogP contribution in [-0.4, -0.2) is 16.6 Å². The van der Waals surface area contributed by atoms with Gasteiger partial charge in [0, 0.05) is 12.5 Å². The van der Waals surface area contributed by atoms with Crippen LogP contribution in [0.5, 0.6) is 0 Å². The molecule has 1 aliphatic rings. The molecule has 1 aliphatic carbocycles. The number of hydrogen-bond acceptors (Lipinski definition) is 3. The lowest BCUT2D eigenvalue weighted by Gasteiger charge is -2.30. The Morgan fingerprint density at radius 1 is 1.38 bits per heavy atom. The fraction of sp³-hybridized carbons (Fsp3) is 0.750. The summed E-state index contributed by atoms with van der Waals surface area (Å²) in [6.45, 7) is 8.87. The highest BCUT2D eigenvalue weighted by atomic mass is 79.9. The molecule has 1 N–H and O–H groups in total. The summed E-state index contributed by atoms with van der Waals surface area (Å²) in [7, 11) is 0. The second kappa shape index (κ2) is 6.61. The maximum absolute atomic E-state index is 12.3. The fourth-order valence-corrected chi connectivity index (χ4v) is 3.51. The van der Waals surface area contributed by atoms with E-state index in [-0.39, 0.29) is 17.1 Å². The van der Waals surface area contributed by atoms with E-state index in [9.17, 15) is 4.79 Å². The average molecular weight is 357 g/mol. The Labute approximate surface area is 134 Å². The third kappa shape index (κ3) is 3.75. The lowest BCUT2D eigenvalue weighted by atomic mass is 9.88. The normalized spacial score (nSPS) is 18.1. The Morgan fingerprint density at radius 3 is 2.52 bits per heavy atom. The molecule has 0 spiro atoms. The smallest absolute Gasteiger partial charge is 0.265 e. The lowest BCUT2D eigenvalue weighted by Crippen LogP contribution is -2.27. The van der Waals surface area contributed by atoms with Gasteiger partial charge in [-0.2, -0.15) is 0 Å². The first kappa shape index (κ1) is 16.7. The van der Waals surface area contributed by atoms with Crippen molar-refractivity contribution in [1.82, 2.24) is 9.97 Å². The molecule has 118 valence electrons. The number of nitrogens with zero attached hydrogens (tertiary/aromatic N) is 1. The summed E-state index contributed by atoms with van der Waals surface area (Å²) < 4.78 is 6.44. The summed E-state index contributed by atoms with van der Waals surface area (Å²) in [5.74, 6) is 1.04. The maximum Gasteiger partial charge on any atom is 0.265 e. The zero-order valence-corrected chi connectivity index (χ0v) is 14.9. The van der Waals surface area contributed by atoms with E-state index in [0.29, 0.717) is 22.8 Å². The molecular weight excluding hydrogens is 332 g/mol. The van der Waals surface area contributed by atoms with Gasteiger partial charge in [0.1, 0.15) is 16.4 Å². The molecule has 0 radical (unpaired) electrons. The van der Waals surface area contributed by atoms with Crippen molar-refractivity contribution in [2.75, 3.05) is 6.61 Å². The minimum absolute atomic E-state index is 0.101. The van der Waals surface area contributed by atoms with E-state index in [4.69, 9.17) is 9.72 Å². The molecule has 0 amide bonds. The molecule has 1 unspecified atom stereocenters. The van der Waals surface area contributed by atoms with Crippen LogP contribution in [-0.2, 0) is 4.74 Å². The van der Waals surface area contributed by atoms with E-state index in [1.54, 1.807) is 0 Å². The quantitative estimate of drug-likeness (QED) is 0.873. The van der Waals surface area contributed by atoms with Crippen LogP contribution in [0.3, 0.4) is 0 Å². The molecule has 0 aliphatic heterocycles. The van der Waals surface area contributed by atoms with E-state index in [1.165, 1.54) is 12.8 Å². The average Bonchev–Trinajstić information content (AvgIpc) is 2.91. The van der Waals surface area contributed by atoms with Crippen LogP contribution in [0.15, 0.2) is 9.27 Å². The Balaban J connectivity index is 2.46. The van der Waals surface area contributed by atoms with Gasteiger partial charge >= 0.3 is 0 Å². The molecule has 1 aromatic heterocycles. The molecule has 0 aromatic carbocycles. The van der Waals surface area contributed by atoms with Gasteiger partial charge in [0.05, 0.1) is 5.69 Å². The SMILES string of the molecule is CCOC(c1nc(C2CCCC2)c(Br)c(=O)[nH]1)C(C)(C)C. The van der Waals surface area contributed by atoms with E-state index < -0.39 is 0 Å². The molecule has 2 rings (SSSR count). The van der Waals surface area contributed by atoms with Gasteiger partial charge in [-0.3, -0.25) is 4.79 Å². The Bertz CT molecular complexity index is 542. The van der Waals surface area contributed by atoms with Crippen LogP contribution < -0.4 is 5.56 Å². The number of nitrogens with one attached hydrogen (secondary N) is 1. The Kier molecular flexibility index (Phi) is 5.25. The molecule has 1 heterocycles. The predicted molar refractivity (Wildman–Crippen MR) is 87.6 cm³/mol. The summed E-state index contributed by atoms with van der Waals surface area (Å²) in [4.78, 5) is 19.9. The third-order valence-corrected chi connectivity index (χ3v) is 4.78. The van der Waals surface area contributed by atoms with Crippen molar-refractivity contribution < 1.29 is 4.74 Å². The van der Waals surface area contributed by atoms with E-state index in [2.05, 4.69) is 41.7 Å². The minimum atomic E-state index is -0.205. The zero-order valence-electron chi connectivity index (χ0n) is 13.3. The summed E-state index contributed by atoms with van der Waals surface area (Å²) in [5, 5.41) is 0. The van der Waals surface area contributed by atoms with Crippen LogP contribution in [0, 0.1) is 5.41 Å². The number of hydrogen-bond donors (Lipinski definition) is 1. The molecule has 0 saturated heterocycles. The van der Waals surface area contributed by atoms with Crippen molar-refractivity contribution in [2.45, 2.75) is 65.4 Å². The van der Waals surface area contributed by atoms with E-state index in [0.717, 1.165) is 18.5 Å². The van der Waals surface area contributed by atoms with Gasteiger partial charge in [-0.05, 0) is 41.1 Å². The van der Waals surface area contributed by atoms with Crippen LogP contribution in [0.2, 0.25) is 0 Å². The molecule has 1 atom stereocenters. The fourth-order valence-electron chi connectivity index (χ4n) is 2.99. The first-order valence-corrected chi connectivity index (χ1v) is 8.55. The topological polar surface area (TPSA) is 55.0 Å². The van der Waals surface area contributed by atoms with Gasteiger partial charge in [0.25, 0.3) is 5.56 Å². The summed E-state index contributed by atoms with van der Waals surface area (Å²) >= 11 is 3.42. The van der Waals surface area contributed by atoms with Crippen molar-refractivity contribution in [2.24, 2.45) is 5.41 Å². The largest absolute Gasteiger partial charge is 0.370 e. The molecule has 5 heteroatoms. The van der Waals surface area contributed by atoms with Crippen molar-refractivity contribution in [3.8, 4) is 0 Å². The minimum Gasteiger partial charge on any atom is -0.370 e. The highest BCUT2D eigenvalue weighted by molar-refractivity contribution is 9.10. The third-order valence-electron chi connectivity index (χ3n) is 4.02. The Morgan fingerprint density at radius 2 is 2.00 bits per heavy atom. The summed E-state index contributed by atoms with van der Waals surface area (Å²) in [6, 6.07) is 0. The monoisotopic (exact) mass is 356 g/mol. The number of rotatable bonds is 4. The van der Waals surface area contributed by atoms with Crippen LogP contribution in [0.4, 0.5) is 0 Å². The number of ether oxygens (including phenoxy) is 1. The molecular formula is C16H25BrN2O2. The lowest BCUT2D eigenvalue weighted by molar-refractivity contribution is -0.0194.